The largest absolute Gasteiger partial charge is 0.296 e. The summed E-state index contributed by atoms with van der Waals surface area (Å²) in [6, 6.07) is 3.05. The van der Waals surface area contributed by atoms with E-state index in [-0.39, 0.29) is 0 Å². The zero-order chi connectivity index (χ0) is 11.4. The second-order valence-electron chi connectivity index (χ2n) is 4.72. The van der Waals surface area contributed by atoms with E-state index in [4.69, 9.17) is 0 Å². The van der Waals surface area contributed by atoms with Crippen LogP contribution >= 0.6 is 11.3 Å². The van der Waals surface area contributed by atoms with Gasteiger partial charge in [-0.1, -0.05) is 26.7 Å². The van der Waals surface area contributed by atoms with Crippen molar-refractivity contribution in [3.8, 4) is 0 Å². The van der Waals surface area contributed by atoms with Crippen LogP contribution in [0, 0.1) is 0 Å². The lowest BCUT2D eigenvalue weighted by molar-refractivity contribution is 0.178. The summed E-state index contributed by atoms with van der Waals surface area (Å²) in [4.78, 5) is 4.34. The van der Waals surface area contributed by atoms with Gasteiger partial charge >= 0.3 is 0 Å². The molecule has 0 radical (unpaired) electrons. The van der Waals surface area contributed by atoms with Crippen molar-refractivity contribution in [2.24, 2.45) is 0 Å². The fourth-order valence-electron chi connectivity index (χ4n) is 2.76. The molecule has 1 aromatic heterocycles. The second-order valence-corrected chi connectivity index (χ2v) is 5.72. The van der Waals surface area contributed by atoms with Crippen LogP contribution in [0.1, 0.15) is 56.0 Å². The Hall–Kier alpha value is -0.340. The molecule has 0 amide bonds. The van der Waals surface area contributed by atoms with Gasteiger partial charge in [-0.05, 0) is 42.8 Å². The molecule has 90 valence electrons. The molecule has 0 bridgehead atoms. The first kappa shape index (κ1) is 12.1. The van der Waals surface area contributed by atoms with E-state index in [1.807, 2.05) is 11.3 Å². The monoisotopic (exact) mass is 237 g/mol. The molecule has 0 fully saturated rings. The van der Waals surface area contributed by atoms with Crippen molar-refractivity contribution in [2.45, 2.75) is 52.0 Å². The maximum atomic E-state index is 2.70. The van der Waals surface area contributed by atoms with Gasteiger partial charge < -0.3 is 0 Å². The average molecular weight is 237 g/mol. The molecule has 1 nitrogen and oxygen atoms in total. The summed E-state index contributed by atoms with van der Waals surface area (Å²) in [7, 11) is 0. The standard InChI is InChI=1S/C14H23NS/c1-3-5-6-9-15-10-7-14-12(8-11-16-14)13(15)4-2/h8,11,13H,3-7,9-10H2,1-2H3. The van der Waals surface area contributed by atoms with Gasteiger partial charge in [0.25, 0.3) is 0 Å². The van der Waals surface area contributed by atoms with Gasteiger partial charge in [-0.2, -0.15) is 0 Å². The van der Waals surface area contributed by atoms with Crippen LogP contribution in [-0.4, -0.2) is 18.0 Å². The van der Waals surface area contributed by atoms with Crippen LogP contribution < -0.4 is 0 Å². The molecule has 0 N–H and O–H groups in total. The Balaban J connectivity index is 2.00. The van der Waals surface area contributed by atoms with Crippen LogP contribution in [0.3, 0.4) is 0 Å². The molecular weight excluding hydrogens is 214 g/mol. The number of hydrogen-bond donors (Lipinski definition) is 0. The predicted molar refractivity (Wildman–Crippen MR) is 72.2 cm³/mol. The summed E-state index contributed by atoms with van der Waals surface area (Å²) in [6.07, 6.45) is 6.61. The fourth-order valence-corrected chi connectivity index (χ4v) is 3.69. The third kappa shape index (κ3) is 2.49. The van der Waals surface area contributed by atoms with E-state index in [0.717, 1.165) is 0 Å². The van der Waals surface area contributed by atoms with E-state index in [9.17, 15) is 0 Å². The second kappa shape index (κ2) is 5.83. The smallest absolute Gasteiger partial charge is 0.0356 e. The molecule has 2 heterocycles. The lowest BCUT2D eigenvalue weighted by Gasteiger charge is -2.35. The Bertz CT molecular complexity index is 318. The zero-order valence-corrected chi connectivity index (χ0v) is 11.4. The van der Waals surface area contributed by atoms with E-state index >= 15 is 0 Å². The van der Waals surface area contributed by atoms with Gasteiger partial charge in [-0.15, -0.1) is 11.3 Å². The molecule has 1 aromatic rings. The van der Waals surface area contributed by atoms with Crippen LogP contribution in [0.2, 0.25) is 0 Å². The maximum absolute atomic E-state index is 2.70. The highest BCUT2D eigenvalue weighted by Gasteiger charge is 2.25. The Morgan fingerprint density at radius 2 is 2.25 bits per heavy atom. The Kier molecular flexibility index (Phi) is 4.42. The van der Waals surface area contributed by atoms with Gasteiger partial charge in [0.15, 0.2) is 0 Å². The molecule has 1 aliphatic rings. The van der Waals surface area contributed by atoms with E-state index < -0.39 is 0 Å². The quantitative estimate of drug-likeness (QED) is 0.692. The van der Waals surface area contributed by atoms with E-state index in [0.29, 0.717) is 6.04 Å². The third-order valence-electron chi connectivity index (χ3n) is 3.64. The van der Waals surface area contributed by atoms with Gasteiger partial charge in [0.05, 0.1) is 0 Å². The van der Waals surface area contributed by atoms with Gasteiger partial charge in [-0.3, -0.25) is 4.90 Å². The van der Waals surface area contributed by atoms with Crippen LogP contribution in [0.4, 0.5) is 0 Å². The first-order chi connectivity index (χ1) is 7.86. The van der Waals surface area contributed by atoms with Gasteiger partial charge in [0.2, 0.25) is 0 Å². The molecule has 1 unspecified atom stereocenters. The van der Waals surface area contributed by atoms with Crippen molar-refractivity contribution in [3.63, 3.8) is 0 Å². The molecule has 0 aromatic carbocycles. The summed E-state index contributed by atoms with van der Waals surface area (Å²) >= 11 is 1.95. The number of fused-ring (bicyclic) bond motifs is 1. The summed E-state index contributed by atoms with van der Waals surface area (Å²) in [5.74, 6) is 0. The van der Waals surface area contributed by atoms with E-state index in [1.54, 1.807) is 10.4 Å². The van der Waals surface area contributed by atoms with Crippen molar-refractivity contribution < 1.29 is 0 Å². The molecule has 2 rings (SSSR count). The zero-order valence-electron chi connectivity index (χ0n) is 10.5. The van der Waals surface area contributed by atoms with Crippen LogP contribution in [0.5, 0.6) is 0 Å². The molecule has 0 aliphatic carbocycles. The van der Waals surface area contributed by atoms with E-state index in [1.165, 1.54) is 45.2 Å². The van der Waals surface area contributed by atoms with Gasteiger partial charge in [0, 0.05) is 17.5 Å². The number of nitrogens with zero attached hydrogens (tertiary/aromatic N) is 1. The Morgan fingerprint density at radius 3 is 3.00 bits per heavy atom. The first-order valence-electron chi connectivity index (χ1n) is 6.67. The molecule has 1 aliphatic heterocycles. The van der Waals surface area contributed by atoms with Crippen molar-refractivity contribution in [1.29, 1.82) is 0 Å². The van der Waals surface area contributed by atoms with Crippen molar-refractivity contribution in [1.82, 2.24) is 4.90 Å². The topological polar surface area (TPSA) is 3.24 Å². The molecule has 1 atom stereocenters. The highest BCUT2D eigenvalue weighted by Crippen LogP contribution is 2.35. The minimum absolute atomic E-state index is 0.701. The SMILES string of the molecule is CCCCCN1CCc2sccc2C1CC. The lowest BCUT2D eigenvalue weighted by atomic mass is 9.97. The summed E-state index contributed by atoms with van der Waals surface area (Å²) in [5, 5.41) is 2.27. The predicted octanol–water partition coefficient (Wildman–Crippen LogP) is 4.25. The van der Waals surface area contributed by atoms with Crippen molar-refractivity contribution >= 4 is 11.3 Å². The first-order valence-corrected chi connectivity index (χ1v) is 7.55. The molecule has 0 saturated carbocycles. The fraction of sp³-hybridized carbons (Fsp3) is 0.714. The Morgan fingerprint density at radius 1 is 1.38 bits per heavy atom. The summed E-state index contributed by atoms with van der Waals surface area (Å²) < 4.78 is 0. The van der Waals surface area contributed by atoms with Gasteiger partial charge in [0.1, 0.15) is 0 Å². The molecular formula is C14H23NS. The number of rotatable bonds is 5. The van der Waals surface area contributed by atoms with Crippen LogP contribution in [0.15, 0.2) is 11.4 Å². The highest BCUT2D eigenvalue weighted by molar-refractivity contribution is 7.10. The third-order valence-corrected chi connectivity index (χ3v) is 4.64. The maximum Gasteiger partial charge on any atom is 0.0356 e. The number of hydrogen-bond acceptors (Lipinski definition) is 2. The normalized spacial score (nSPS) is 21.0. The van der Waals surface area contributed by atoms with Gasteiger partial charge in [-0.25, -0.2) is 0 Å². The molecule has 0 saturated heterocycles. The van der Waals surface area contributed by atoms with Crippen molar-refractivity contribution in [2.75, 3.05) is 13.1 Å². The highest BCUT2D eigenvalue weighted by atomic mass is 32.1. The lowest BCUT2D eigenvalue weighted by Crippen LogP contribution is -2.35. The molecule has 2 heteroatoms. The Labute approximate surface area is 103 Å². The van der Waals surface area contributed by atoms with Crippen LogP contribution in [0.25, 0.3) is 0 Å². The number of thiophene rings is 1. The van der Waals surface area contributed by atoms with Crippen LogP contribution in [-0.2, 0) is 6.42 Å². The van der Waals surface area contributed by atoms with Crippen molar-refractivity contribution in [3.05, 3.63) is 21.9 Å². The summed E-state index contributed by atoms with van der Waals surface area (Å²) in [5.41, 5.74) is 1.62. The summed E-state index contributed by atoms with van der Waals surface area (Å²) in [6.45, 7) is 7.17. The molecule has 16 heavy (non-hydrogen) atoms. The number of unbranched alkanes of at least 4 members (excludes halogenated alkanes) is 2. The minimum atomic E-state index is 0.701. The average Bonchev–Trinajstić information content (AvgIpc) is 2.77. The molecule has 0 spiro atoms. The van der Waals surface area contributed by atoms with E-state index in [2.05, 4.69) is 30.2 Å². The minimum Gasteiger partial charge on any atom is -0.296 e.